The molecule has 140 valence electrons. The van der Waals surface area contributed by atoms with Crippen molar-refractivity contribution in [2.75, 3.05) is 21.3 Å². The number of pyridine rings is 1. The minimum Gasteiger partial charge on any atom is -0.497 e. The predicted molar refractivity (Wildman–Crippen MR) is 107 cm³/mol. The fraction of sp³-hybridized carbons (Fsp3) is 0.273. The molecule has 0 saturated carbocycles. The van der Waals surface area contributed by atoms with E-state index < -0.39 is 0 Å². The first-order valence-corrected chi connectivity index (χ1v) is 8.81. The Kier molecular flexibility index (Phi) is 5.31. The topological polar surface area (TPSA) is 51.7 Å². The van der Waals surface area contributed by atoms with E-state index in [1.807, 2.05) is 62.4 Å². The second-order valence-electron chi connectivity index (χ2n) is 6.51. The lowest BCUT2D eigenvalue weighted by Crippen LogP contribution is -2.30. The van der Waals surface area contributed by atoms with Crippen molar-refractivity contribution >= 4 is 16.8 Å². The van der Waals surface area contributed by atoms with Crippen molar-refractivity contribution < 1.29 is 14.3 Å². The van der Waals surface area contributed by atoms with Gasteiger partial charge in [0.2, 0.25) is 0 Å². The molecule has 0 N–H and O–H groups in total. The number of para-hydroxylation sites is 1. The van der Waals surface area contributed by atoms with Gasteiger partial charge >= 0.3 is 0 Å². The molecule has 0 aliphatic rings. The number of hydrogen-bond donors (Lipinski definition) is 0. The maximum atomic E-state index is 13.2. The molecule has 0 aliphatic carbocycles. The molecule has 27 heavy (non-hydrogen) atoms. The van der Waals surface area contributed by atoms with Gasteiger partial charge in [0.05, 0.1) is 37.0 Å². The zero-order valence-electron chi connectivity index (χ0n) is 16.3. The van der Waals surface area contributed by atoms with Crippen molar-refractivity contribution in [3.8, 4) is 11.5 Å². The Morgan fingerprint density at radius 3 is 2.52 bits per heavy atom. The second kappa shape index (κ2) is 7.66. The van der Waals surface area contributed by atoms with E-state index in [1.165, 1.54) is 0 Å². The third-order valence-electron chi connectivity index (χ3n) is 4.93. The highest BCUT2D eigenvalue weighted by Crippen LogP contribution is 2.30. The first-order chi connectivity index (χ1) is 13.0. The lowest BCUT2D eigenvalue weighted by Gasteiger charge is -2.27. The molecule has 5 nitrogen and oxygen atoms in total. The quantitative estimate of drug-likeness (QED) is 0.674. The number of aryl methyl sites for hydroxylation is 1. The van der Waals surface area contributed by atoms with Crippen LogP contribution in [0.1, 0.15) is 34.6 Å². The minimum atomic E-state index is -0.144. The van der Waals surface area contributed by atoms with Crippen molar-refractivity contribution in [2.24, 2.45) is 0 Å². The van der Waals surface area contributed by atoms with Gasteiger partial charge < -0.3 is 14.4 Å². The molecule has 0 unspecified atom stereocenters. The molecule has 1 heterocycles. The van der Waals surface area contributed by atoms with E-state index in [4.69, 9.17) is 9.47 Å². The third kappa shape index (κ3) is 3.58. The highest BCUT2D eigenvalue weighted by molar-refractivity contribution is 5.99. The van der Waals surface area contributed by atoms with Crippen molar-refractivity contribution in [3.05, 3.63) is 65.4 Å². The number of fused-ring (bicyclic) bond motifs is 1. The molecule has 1 atom stereocenters. The van der Waals surface area contributed by atoms with E-state index in [9.17, 15) is 4.79 Å². The normalized spacial score (nSPS) is 11.9. The van der Waals surface area contributed by atoms with Crippen molar-refractivity contribution in [2.45, 2.75) is 19.9 Å². The zero-order valence-corrected chi connectivity index (χ0v) is 16.3. The van der Waals surface area contributed by atoms with Gasteiger partial charge in [0.1, 0.15) is 11.5 Å². The SMILES string of the molecule is COc1ccc2nc(C)c(C(=O)N(C)[C@H](C)c3ccccc3OC)cc2c1. The van der Waals surface area contributed by atoms with Crippen LogP contribution >= 0.6 is 0 Å². The van der Waals surface area contributed by atoms with Crippen LogP contribution in [0.25, 0.3) is 10.9 Å². The highest BCUT2D eigenvalue weighted by atomic mass is 16.5. The number of nitrogens with zero attached hydrogens (tertiary/aromatic N) is 2. The summed E-state index contributed by atoms with van der Waals surface area (Å²) in [6.07, 6.45) is 0. The number of ether oxygens (including phenoxy) is 2. The Morgan fingerprint density at radius 2 is 1.81 bits per heavy atom. The molecule has 1 aromatic heterocycles. The Balaban J connectivity index is 1.97. The van der Waals surface area contributed by atoms with Gasteiger partial charge in [0, 0.05) is 18.0 Å². The third-order valence-corrected chi connectivity index (χ3v) is 4.93. The second-order valence-corrected chi connectivity index (χ2v) is 6.51. The Bertz CT molecular complexity index is 984. The summed E-state index contributed by atoms with van der Waals surface area (Å²) >= 11 is 0. The maximum absolute atomic E-state index is 13.2. The van der Waals surface area contributed by atoms with Crippen molar-refractivity contribution in [3.63, 3.8) is 0 Å². The molecular formula is C22H24N2O3. The summed E-state index contributed by atoms with van der Waals surface area (Å²) in [7, 11) is 5.06. The monoisotopic (exact) mass is 364 g/mol. The lowest BCUT2D eigenvalue weighted by atomic mass is 10.0. The summed E-state index contributed by atoms with van der Waals surface area (Å²) in [5, 5.41) is 0.877. The number of hydrogen-bond acceptors (Lipinski definition) is 4. The number of benzene rings is 2. The van der Waals surface area contributed by atoms with Gasteiger partial charge in [0.25, 0.3) is 5.91 Å². The number of rotatable bonds is 5. The van der Waals surface area contributed by atoms with Crippen LogP contribution in [0.3, 0.4) is 0 Å². The lowest BCUT2D eigenvalue weighted by molar-refractivity contribution is 0.0740. The van der Waals surface area contributed by atoms with Gasteiger partial charge in [0.15, 0.2) is 0 Å². The fourth-order valence-electron chi connectivity index (χ4n) is 3.18. The van der Waals surface area contributed by atoms with Gasteiger partial charge in [-0.2, -0.15) is 0 Å². The van der Waals surface area contributed by atoms with Crippen LogP contribution in [-0.4, -0.2) is 37.1 Å². The Hall–Kier alpha value is -3.08. The fourth-order valence-corrected chi connectivity index (χ4v) is 3.18. The molecule has 3 rings (SSSR count). The van der Waals surface area contributed by atoms with E-state index in [2.05, 4.69) is 4.98 Å². The number of carbonyl (C=O) groups is 1. The molecule has 0 fully saturated rings. The smallest absolute Gasteiger partial charge is 0.255 e. The Morgan fingerprint density at radius 1 is 1.07 bits per heavy atom. The molecule has 2 aromatic carbocycles. The number of carbonyl (C=O) groups excluding carboxylic acids is 1. The molecule has 5 heteroatoms. The first kappa shape index (κ1) is 18.7. The average Bonchev–Trinajstić information content (AvgIpc) is 2.71. The molecule has 1 amide bonds. The standard InChI is InChI=1S/C22H24N2O3/c1-14-19(13-16-12-17(26-4)10-11-20(16)23-14)22(25)24(3)15(2)18-8-6-7-9-21(18)27-5/h6-13,15H,1-5H3/t15-/m1/s1. The van der Waals surface area contributed by atoms with Crippen molar-refractivity contribution in [1.82, 2.24) is 9.88 Å². The summed E-state index contributed by atoms with van der Waals surface area (Å²) < 4.78 is 10.7. The molecular weight excluding hydrogens is 340 g/mol. The molecule has 0 spiro atoms. The van der Waals surface area contributed by atoms with E-state index >= 15 is 0 Å². The van der Waals surface area contributed by atoms with Crippen LogP contribution in [0.4, 0.5) is 0 Å². The molecule has 0 bridgehead atoms. The van der Waals surface area contributed by atoms with Crippen LogP contribution in [0.15, 0.2) is 48.5 Å². The molecule has 0 saturated heterocycles. The van der Waals surface area contributed by atoms with Crippen LogP contribution in [0.2, 0.25) is 0 Å². The number of aromatic nitrogens is 1. The summed E-state index contributed by atoms with van der Waals surface area (Å²) in [5.41, 5.74) is 3.09. The van der Waals surface area contributed by atoms with E-state index in [1.54, 1.807) is 26.2 Å². The van der Waals surface area contributed by atoms with Gasteiger partial charge in [-0.15, -0.1) is 0 Å². The molecule has 0 radical (unpaired) electrons. The summed E-state index contributed by atoms with van der Waals surface area (Å²) in [6.45, 7) is 3.85. The average molecular weight is 364 g/mol. The van der Waals surface area contributed by atoms with Gasteiger partial charge in [-0.05, 0) is 44.2 Å². The van der Waals surface area contributed by atoms with Crippen LogP contribution < -0.4 is 9.47 Å². The van der Waals surface area contributed by atoms with Gasteiger partial charge in [-0.3, -0.25) is 9.78 Å². The highest BCUT2D eigenvalue weighted by Gasteiger charge is 2.23. The van der Waals surface area contributed by atoms with Crippen LogP contribution in [0, 0.1) is 6.92 Å². The van der Waals surface area contributed by atoms with Crippen molar-refractivity contribution in [1.29, 1.82) is 0 Å². The predicted octanol–water partition coefficient (Wildman–Crippen LogP) is 4.39. The minimum absolute atomic E-state index is 0.0804. The van der Waals surface area contributed by atoms with E-state index in [0.717, 1.165) is 28.0 Å². The molecule has 3 aromatic rings. The largest absolute Gasteiger partial charge is 0.497 e. The Labute approximate surface area is 159 Å². The molecule has 0 aliphatic heterocycles. The number of methoxy groups -OCH3 is 2. The van der Waals surface area contributed by atoms with Gasteiger partial charge in [-0.25, -0.2) is 0 Å². The van der Waals surface area contributed by atoms with E-state index in [-0.39, 0.29) is 11.9 Å². The summed E-state index contributed by atoms with van der Waals surface area (Å²) in [5.74, 6) is 1.42. The van der Waals surface area contributed by atoms with Gasteiger partial charge in [-0.1, -0.05) is 18.2 Å². The van der Waals surface area contributed by atoms with E-state index in [0.29, 0.717) is 11.3 Å². The maximum Gasteiger partial charge on any atom is 0.255 e. The summed E-state index contributed by atoms with van der Waals surface area (Å²) in [4.78, 5) is 19.5. The number of amides is 1. The van der Waals surface area contributed by atoms with Crippen LogP contribution in [0.5, 0.6) is 11.5 Å². The zero-order chi connectivity index (χ0) is 19.6. The first-order valence-electron chi connectivity index (χ1n) is 8.81. The summed E-state index contributed by atoms with van der Waals surface area (Å²) in [6, 6.07) is 15.1. The van der Waals surface area contributed by atoms with Crippen LogP contribution in [-0.2, 0) is 0 Å².